The fourth-order valence-electron chi connectivity index (χ4n) is 3.72. The van der Waals surface area contributed by atoms with Gasteiger partial charge in [0.2, 0.25) is 0 Å². The van der Waals surface area contributed by atoms with Crippen molar-refractivity contribution in [2.45, 2.75) is 37.3 Å². The minimum absolute atomic E-state index is 0.0480. The number of carbonyl (C=O) groups is 1. The van der Waals surface area contributed by atoms with Gasteiger partial charge in [0.15, 0.2) is 0 Å². The van der Waals surface area contributed by atoms with Crippen LogP contribution in [0.15, 0.2) is 18.3 Å². The molecule has 2 atom stereocenters. The summed E-state index contributed by atoms with van der Waals surface area (Å²) < 4.78 is 6.00. The smallest absolute Gasteiger partial charge is 0.254 e. The van der Waals surface area contributed by atoms with Crippen molar-refractivity contribution in [2.24, 2.45) is 5.92 Å². The number of likely N-dealkylation sites (tertiary alicyclic amines) is 1. The molecule has 0 N–H and O–H groups in total. The van der Waals surface area contributed by atoms with E-state index in [1.54, 1.807) is 18.3 Å². The molecule has 20 heavy (non-hydrogen) atoms. The lowest BCUT2D eigenvalue weighted by atomic mass is 9.77. The van der Waals surface area contributed by atoms with Gasteiger partial charge in [-0.1, -0.05) is 11.6 Å². The van der Waals surface area contributed by atoms with Gasteiger partial charge in [0.1, 0.15) is 10.8 Å². The fraction of sp³-hybridized carbons (Fsp3) is 0.600. The van der Waals surface area contributed by atoms with Crippen molar-refractivity contribution in [1.82, 2.24) is 9.88 Å². The maximum absolute atomic E-state index is 12.6. The van der Waals surface area contributed by atoms with Crippen LogP contribution >= 0.6 is 11.6 Å². The third-order valence-electron chi connectivity index (χ3n) is 4.75. The third-order valence-corrected chi connectivity index (χ3v) is 4.96. The first kappa shape index (κ1) is 12.6. The van der Waals surface area contributed by atoms with E-state index in [0.717, 1.165) is 26.0 Å². The van der Waals surface area contributed by atoms with Gasteiger partial charge in [0.25, 0.3) is 5.91 Å². The van der Waals surface area contributed by atoms with Crippen molar-refractivity contribution in [3.63, 3.8) is 0 Å². The standard InChI is InChI=1S/C15H17ClN2O2/c16-12-8-11(4-6-17-12)14(19)18-9-15(5-1-7-20-15)13(18)10-2-3-10/h4,6,8,10,13H,1-3,5,7,9H2/t13-,15-/m1/s1. The summed E-state index contributed by atoms with van der Waals surface area (Å²) in [6.07, 6.45) is 6.23. The summed E-state index contributed by atoms with van der Waals surface area (Å²) in [5, 5.41) is 0.367. The van der Waals surface area contributed by atoms with E-state index >= 15 is 0 Å². The van der Waals surface area contributed by atoms with E-state index in [9.17, 15) is 4.79 Å². The first-order valence-corrected chi connectivity index (χ1v) is 7.64. The molecular weight excluding hydrogens is 276 g/mol. The molecule has 3 heterocycles. The summed E-state index contributed by atoms with van der Waals surface area (Å²) in [7, 11) is 0. The second-order valence-electron chi connectivity index (χ2n) is 6.10. The summed E-state index contributed by atoms with van der Waals surface area (Å²) in [5.74, 6) is 0.690. The van der Waals surface area contributed by atoms with Crippen molar-refractivity contribution in [3.05, 3.63) is 29.0 Å². The zero-order valence-electron chi connectivity index (χ0n) is 11.2. The topological polar surface area (TPSA) is 42.4 Å². The molecule has 2 saturated heterocycles. The molecule has 0 bridgehead atoms. The predicted octanol–water partition coefficient (Wildman–Crippen LogP) is 2.52. The Kier molecular flexibility index (Phi) is 2.79. The molecule has 1 spiro atoms. The Morgan fingerprint density at radius 2 is 2.35 bits per heavy atom. The van der Waals surface area contributed by atoms with Gasteiger partial charge in [-0.05, 0) is 43.7 Å². The summed E-state index contributed by atoms with van der Waals surface area (Å²) in [4.78, 5) is 18.6. The first-order valence-electron chi connectivity index (χ1n) is 7.26. The number of rotatable bonds is 2. The molecule has 106 valence electrons. The van der Waals surface area contributed by atoms with E-state index < -0.39 is 0 Å². The van der Waals surface area contributed by atoms with Crippen molar-refractivity contribution < 1.29 is 9.53 Å². The van der Waals surface area contributed by atoms with Gasteiger partial charge in [-0.3, -0.25) is 4.79 Å². The van der Waals surface area contributed by atoms with Crippen LogP contribution < -0.4 is 0 Å². The summed E-state index contributed by atoms with van der Waals surface area (Å²) in [6, 6.07) is 3.65. The highest BCUT2D eigenvalue weighted by atomic mass is 35.5. The molecule has 5 heteroatoms. The van der Waals surface area contributed by atoms with Gasteiger partial charge in [-0.25, -0.2) is 4.98 Å². The lowest BCUT2D eigenvalue weighted by Crippen LogP contribution is -2.71. The fourth-order valence-corrected chi connectivity index (χ4v) is 3.90. The number of pyridine rings is 1. The molecule has 1 saturated carbocycles. The molecule has 4 nitrogen and oxygen atoms in total. The minimum Gasteiger partial charge on any atom is -0.371 e. The van der Waals surface area contributed by atoms with Crippen LogP contribution in [0.1, 0.15) is 36.0 Å². The van der Waals surface area contributed by atoms with Gasteiger partial charge in [-0.15, -0.1) is 0 Å². The zero-order valence-corrected chi connectivity index (χ0v) is 12.0. The molecule has 1 aliphatic carbocycles. The van der Waals surface area contributed by atoms with E-state index in [4.69, 9.17) is 16.3 Å². The number of carbonyl (C=O) groups excluding carboxylic acids is 1. The Morgan fingerprint density at radius 1 is 1.50 bits per heavy atom. The number of nitrogens with zero attached hydrogens (tertiary/aromatic N) is 2. The number of halogens is 1. The number of aromatic nitrogens is 1. The average Bonchev–Trinajstić information content (AvgIpc) is 3.09. The molecular formula is C15H17ClN2O2. The van der Waals surface area contributed by atoms with Crippen LogP contribution in [0.4, 0.5) is 0 Å². The maximum Gasteiger partial charge on any atom is 0.254 e. The number of hydrogen-bond donors (Lipinski definition) is 0. The summed E-state index contributed by atoms with van der Waals surface area (Å²) in [5.41, 5.74) is 0.580. The molecule has 2 aliphatic heterocycles. The molecule has 0 unspecified atom stereocenters. The number of ether oxygens (including phenoxy) is 1. The SMILES string of the molecule is O=C(c1ccnc(Cl)c1)N1C[C@]2(CCCO2)[C@H]1C1CC1. The zero-order chi connectivity index (χ0) is 13.7. The lowest BCUT2D eigenvalue weighted by molar-refractivity contribution is -0.149. The van der Waals surface area contributed by atoms with E-state index in [2.05, 4.69) is 4.98 Å². The van der Waals surface area contributed by atoms with Crippen LogP contribution in [-0.4, -0.2) is 40.6 Å². The molecule has 4 rings (SSSR count). The van der Waals surface area contributed by atoms with Crippen LogP contribution in [0, 0.1) is 5.92 Å². The Morgan fingerprint density at radius 3 is 3.00 bits per heavy atom. The van der Waals surface area contributed by atoms with Gasteiger partial charge in [-0.2, -0.15) is 0 Å². The number of amides is 1. The minimum atomic E-state index is -0.0480. The average molecular weight is 293 g/mol. The quantitative estimate of drug-likeness (QED) is 0.787. The second kappa shape index (κ2) is 4.43. The Balaban J connectivity index is 1.58. The molecule has 3 fully saturated rings. The Labute approximate surface area is 123 Å². The van der Waals surface area contributed by atoms with Gasteiger partial charge in [0.05, 0.1) is 12.6 Å². The maximum atomic E-state index is 12.6. The predicted molar refractivity (Wildman–Crippen MR) is 74.7 cm³/mol. The highest BCUT2D eigenvalue weighted by Gasteiger charge is 2.61. The van der Waals surface area contributed by atoms with Crippen molar-refractivity contribution in [1.29, 1.82) is 0 Å². The van der Waals surface area contributed by atoms with Crippen molar-refractivity contribution in [3.8, 4) is 0 Å². The Bertz CT molecular complexity index is 553. The van der Waals surface area contributed by atoms with E-state index in [1.165, 1.54) is 12.8 Å². The van der Waals surface area contributed by atoms with Gasteiger partial charge in [0, 0.05) is 18.4 Å². The van der Waals surface area contributed by atoms with E-state index in [-0.39, 0.29) is 17.6 Å². The molecule has 0 radical (unpaired) electrons. The van der Waals surface area contributed by atoms with Crippen LogP contribution in [0.3, 0.4) is 0 Å². The van der Waals surface area contributed by atoms with Gasteiger partial charge < -0.3 is 9.64 Å². The van der Waals surface area contributed by atoms with E-state index in [0.29, 0.717) is 16.6 Å². The highest BCUT2D eigenvalue weighted by Crippen LogP contribution is 2.51. The molecule has 3 aliphatic rings. The van der Waals surface area contributed by atoms with Gasteiger partial charge >= 0.3 is 0 Å². The molecule has 1 aromatic rings. The van der Waals surface area contributed by atoms with Crippen LogP contribution in [0.5, 0.6) is 0 Å². The van der Waals surface area contributed by atoms with Crippen molar-refractivity contribution >= 4 is 17.5 Å². The van der Waals surface area contributed by atoms with E-state index in [1.807, 2.05) is 4.90 Å². The molecule has 1 aromatic heterocycles. The molecule has 1 amide bonds. The van der Waals surface area contributed by atoms with Crippen molar-refractivity contribution in [2.75, 3.05) is 13.2 Å². The van der Waals surface area contributed by atoms with Crippen LogP contribution in [0.25, 0.3) is 0 Å². The largest absolute Gasteiger partial charge is 0.371 e. The van der Waals surface area contributed by atoms with Crippen LogP contribution in [-0.2, 0) is 4.74 Å². The third kappa shape index (κ3) is 1.85. The highest BCUT2D eigenvalue weighted by molar-refractivity contribution is 6.29. The second-order valence-corrected chi connectivity index (χ2v) is 6.49. The lowest BCUT2D eigenvalue weighted by Gasteiger charge is -2.55. The van der Waals surface area contributed by atoms with Crippen LogP contribution in [0.2, 0.25) is 5.15 Å². The normalized spacial score (nSPS) is 32.5. The first-order chi connectivity index (χ1) is 9.70. The monoisotopic (exact) mass is 292 g/mol. The molecule has 0 aromatic carbocycles. The summed E-state index contributed by atoms with van der Waals surface area (Å²) >= 11 is 5.88. The number of hydrogen-bond acceptors (Lipinski definition) is 3. The summed E-state index contributed by atoms with van der Waals surface area (Å²) in [6.45, 7) is 1.57. The Hall–Kier alpha value is -1.13.